The predicted molar refractivity (Wildman–Crippen MR) is 96.8 cm³/mol. The Morgan fingerprint density at radius 1 is 1.20 bits per heavy atom. The quantitative estimate of drug-likeness (QED) is 0.807. The van der Waals surface area contributed by atoms with E-state index in [1.165, 1.54) is 0 Å². The molecule has 134 valence electrons. The van der Waals surface area contributed by atoms with E-state index in [9.17, 15) is 9.59 Å². The van der Waals surface area contributed by atoms with E-state index in [-0.39, 0.29) is 12.3 Å². The molecule has 1 aromatic heterocycles. The molecule has 0 saturated carbocycles. The van der Waals surface area contributed by atoms with Crippen LogP contribution in [0.3, 0.4) is 0 Å². The highest BCUT2D eigenvalue weighted by molar-refractivity contribution is 5.88. The van der Waals surface area contributed by atoms with Crippen LogP contribution in [0.15, 0.2) is 30.3 Å². The fourth-order valence-corrected chi connectivity index (χ4v) is 2.85. The summed E-state index contributed by atoms with van der Waals surface area (Å²) >= 11 is 0. The average molecular weight is 342 g/mol. The van der Waals surface area contributed by atoms with Gasteiger partial charge in [0.25, 0.3) is 0 Å². The molecule has 6 heteroatoms. The number of nitrogens with one attached hydrogen (secondary N) is 1. The highest BCUT2D eigenvalue weighted by Crippen LogP contribution is 2.17. The van der Waals surface area contributed by atoms with Crippen LogP contribution in [0, 0.1) is 19.8 Å². The first-order valence-electron chi connectivity index (χ1n) is 8.46. The number of aryl methyl sites for hydroxylation is 1. The molecule has 0 radical (unpaired) electrons. The Labute approximate surface area is 148 Å². The van der Waals surface area contributed by atoms with E-state index in [1.54, 1.807) is 12.1 Å². The molecule has 0 spiro atoms. The summed E-state index contributed by atoms with van der Waals surface area (Å²) in [6.07, 6.45) is 0.173. The van der Waals surface area contributed by atoms with Crippen molar-refractivity contribution in [3.8, 4) is 0 Å². The number of hydrogen-bond acceptors (Lipinski definition) is 3. The zero-order valence-electron chi connectivity index (χ0n) is 15.2. The van der Waals surface area contributed by atoms with Gasteiger partial charge in [0.05, 0.1) is 12.1 Å². The number of rotatable bonds is 7. The van der Waals surface area contributed by atoms with Crippen LogP contribution in [-0.2, 0) is 22.6 Å². The van der Waals surface area contributed by atoms with Crippen molar-refractivity contribution >= 4 is 11.8 Å². The summed E-state index contributed by atoms with van der Waals surface area (Å²) in [7, 11) is 0. The molecule has 2 amide bonds. The minimum atomic E-state index is -0.833. The van der Waals surface area contributed by atoms with E-state index in [4.69, 9.17) is 5.73 Å². The third-order valence-corrected chi connectivity index (χ3v) is 4.13. The van der Waals surface area contributed by atoms with Crippen LogP contribution < -0.4 is 11.1 Å². The molecule has 25 heavy (non-hydrogen) atoms. The molecule has 2 aromatic rings. The van der Waals surface area contributed by atoms with Crippen molar-refractivity contribution in [2.45, 2.75) is 46.7 Å². The summed E-state index contributed by atoms with van der Waals surface area (Å²) < 4.78 is 1.94. The van der Waals surface area contributed by atoms with Gasteiger partial charge in [0.1, 0.15) is 6.04 Å². The zero-order chi connectivity index (χ0) is 18.6. The van der Waals surface area contributed by atoms with Crippen LogP contribution in [0.4, 0.5) is 0 Å². The van der Waals surface area contributed by atoms with Gasteiger partial charge in [-0.3, -0.25) is 14.3 Å². The molecule has 0 aliphatic rings. The van der Waals surface area contributed by atoms with Gasteiger partial charge in [-0.1, -0.05) is 44.2 Å². The minimum absolute atomic E-state index is 0.173. The minimum Gasteiger partial charge on any atom is -0.368 e. The second kappa shape index (κ2) is 7.96. The van der Waals surface area contributed by atoms with Gasteiger partial charge in [0, 0.05) is 17.8 Å². The third-order valence-electron chi connectivity index (χ3n) is 4.13. The Balaban J connectivity index is 2.14. The van der Waals surface area contributed by atoms with Crippen molar-refractivity contribution in [2.75, 3.05) is 0 Å². The SMILES string of the molecule is Cc1nn(CC(C)C)c(C)c1CC(=O)NC(C(N)=O)c1ccccc1. The molecular weight excluding hydrogens is 316 g/mol. The largest absolute Gasteiger partial charge is 0.368 e. The lowest BCUT2D eigenvalue weighted by Gasteiger charge is -2.16. The number of aromatic nitrogens is 2. The van der Waals surface area contributed by atoms with Gasteiger partial charge in [0.15, 0.2) is 0 Å². The van der Waals surface area contributed by atoms with Crippen molar-refractivity contribution in [1.29, 1.82) is 0 Å². The Kier molecular flexibility index (Phi) is 5.96. The van der Waals surface area contributed by atoms with Gasteiger partial charge in [-0.15, -0.1) is 0 Å². The second-order valence-corrected chi connectivity index (χ2v) is 6.72. The normalized spacial score (nSPS) is 12.2. The maximum absolute atomic E-state index is 12.5. The van der Waals surface area contributed by atoms with E-state index in [1.807, 2.05) is 36.7 Å². The van der Waals surface area contributed by atoms with E-state index in [0.717, 1.165) is 23.5 Å². The summed E-state index contributed by atoms with van der Waals surface area (Å²) in [4.78, 5) is 24.2. The predicted octanol–water partition coefficient (Wildman–Crippen LogP) is 2.04. The summed E-state index contributed by atoms with van der Waals surface area (Å²) in [5.74, 6) is -0.358. The van der Waals surface area contributed by atoms with Crippen molar-refractivity contribution in [3.05, 3.63) is 52.8 Å². The molecule has 2 rings (SSSR count). The van der Waals surface area contributed by atoms with Crippen LogP contribution >= 0.6 is 0 Å². The second-order valence-electron chi connectivity index (χ2n) is 6.72. The van der Waals surface area contributed by atoms with E-state index < -0.39 is 11.9 Å². The summed E-state index contributed by atoms with van der Waals surface area (Å²) in [5.41, 5.74) is 8.85. The van der Waals surface area contributed by atoms with Crippen LogP contribution in [0.5, 0.6) is 0 Å². The van der Waals surface area contributed by atoms with Crippen LogP contribution in [0.25, 0.3) is 0 Å². The maximum atomic E-state index is 12.5. The van der Waals surface area contributed by atoms with Gasteiger partial charge in [0.2, 0.25) is 11.8 Å². The molecule has 0 aliphatic carbocycles. The molecule has 3 N–H and O–H groups in total. The molecule has 1 atom stereocenters. The van der Waals surface area contributed by atoms with E-state index >= 15 is 0 Å². The van der Waals surface area contributed by atoms with Crippen LogP contribution in [-0.4, -0.2) is 21.6 Å². The summed E-state index contributed by atoms with van der Waals surface area (Å²) in [5, 5.41) is 7.26. The number of nitrogens with two attached hydrogens (primary N) is 1. The Morgan fingerprint density at radius 3 is 2.40 bits per heavy atom. The topological polar surface area (TPSA) is 90.0 Å². The number of carbonyl (C=O) groups is 2. The highest BCUT2D eigenvalue weighted by atomic mass is 16.2. The molecule has 1 aromatic carbocycles. The monoisotopic (exact) mass is 342 g/mol. The lowest BCUT2D eigenvalue weighted by Crippen LogP contribution is -2.38. The molecule has 0 saturated heterocycles. The van der Waals surface area contributed by atoms with E-state index in [2.05, 4.69) is 24.3 Å². The molecule has 0 fully saturated rings. The lowest BCUT2D eigenvalue weighted by atomic mass is 10.1. The maximum Gasteiger partial charge on any atom is 0.244 e. The third kappa shape index (κ3) is 4.68. The van der Waals surface area contributed by atoms with Gasteiger partial charge < -0.3 is 11.1 Å². The summed E-state index contributed by atoms with van der Waals surface area (Å²) in [6.45, 7) is 8.92. The molecule has 1 heterocycles. The summed E-state index contributed by atoms with van der Waals surface area (Å²) in [6, 6.07) is 8.17. The number of carbonyl (C=O) groups excluding carboxylic acids is 2. The van der Waals surface area contributed by atoms with Crippen LogP contribution in [0.2, 0.25) is 0 Å². The number of benzene rings is 1. The number of amides is 2. The first-order chi connectivity index (χ1) is 11.8. The molecule has 0 aliphatic heterocycles. The van der Waals surface area contributed by atoms with Crippen LogP contribution in [0.1, 0.15) is 42.4 Å². The molecular formula is C19H26N4O2. The van der Waals surface area contributed by atoms with Crippen molar-refractivity contribution in [2.24, 2.45) is 11.7 Å². The van der Waals surface area contributed by atoms with Gasteiger partial charge in [-0.25, -0.2) is 0 Å². The fourth-order valence-electron chi connectivity index (χ4n) is 2.85. The number of hydrogen-bond donors (Lipinski definition) is 2. The van der Waals surface area contributed by atoms with Gasteiger partial charge in [-0.05, 0) is 25.3 Å². The first kappa shape index (κ1) is 18.7. The number of nitrogens with zero attached hydrogens (tertiary/aromatic N) is 2. The first-order valence-corrected chi connectivity index (χ1v) is 8.46. The number of primary amides is 1. The smallest absolute Gasteiger partial charge is 0.244 e. The fraction of sp³-hybridized carbons (Fsp3) is 0.421. The van der Waals surface area contributed by atoms with Crippen molar-refractivity contribution in [1.82, 2.24) is 15.1 Å². The zero-order valence-corrected chi connectivity index (χ0v) is 15.2. The van der Waals surface area contributed by atoms with Gasteiger partial charge >= 0.3 is 0 Å². The highest BCUT2D eigenvalue weighted by Gasteiger charge is 2.22. The Hall–Kier alpha value is -2.63. The Bertz CT molecular complexity index is 750. The molecule has 1 unspecified atom stereocenters. The lowest BCUT2D eigenvalue weighted by molar-refractivity contribution is -0.127. The van der Waals surface area contributed by atoms with Crippen molar-refractivity contribution < 1.29 is 9.59 Å². The Morgan fingerprint density at radius 2 is 1.84 bits per heavy atom. The molecule has 6 nitrogen and oxygen atoms in total. The average Bonchev–Trinajstić information content (AvgIpc) is 2.80. The molecule has 0 bridgehead atoms. The van der Waals surface area contributed by atoms with Crippen molar-refractivity contribution in [3.63, 3.8) is 0 Å². The van der Waals surface area contributed by atoms with Gasteiger partial charge in [-0.2, -0.15) is 5.10 Å². The van der Waals surface area contributed by atoms with E-state index in [0.29, 0.717) is 11.5 Å². The standard InChI is InChI=1S/C19H26N4O2/c1-12(2)11-23-14(4)16(13(3)22-23)10-17(24)21-18(19(20)25)15-8-6-5-7-9-15/h5-9,12,18H,10-11H2,1-4H3,(H2,20,25)(H,21,24).